The lowest BCUT2D eigenvalue weighted by molar-refractivity contribution is -0.135. The predicted molar refractivity (Wildman–Crippen MR) is 144 cm³/mol. The summed E-state index contributed by atoms with van der Waals surface area (Å²) >= 11 is 0. The highest BCUT2D eigenvalue weighted by atomic mass is 16.2. The van der Waals surface area contributed by atoms with E-state index in [0.29, 0.717) is 12.3 Å². The molecule has 1 N–H and O–H groups in total. The number of aryl methyl sites for hydroxylation is 1. The van der Waals surface area contributed by atoms with Gasteiger partial charge in [-0.2, -0.15) is 0 Å². The van der Waals surface area contributed by atoms with Crippen molar-refractivity contribution in [3.63, 3.8) is 0 Å². The molecule has 0 aliphatic carbocycles. The molecule has 1 aromatic carbocycles. The normalized spacial score (nSPS) is 21.6. The lowest BCUT2D eigenvalue weighted by Crippen LogP contribution is -2.44. The summed E-state index contributed by atoms with van der Waals surface area (Å²) in [5, 5.41) is 2.40. The maximum atomic E-state index is 13.3. The smallest absolute Gasteiger partial charge is 0.303 e. The van der Waals surface area contributed by atoms with E-state index in [1.807, 2.05) is 12.1 Å². The third-order valence-corrected chi connectivity index (χ3v) is 8.66. The molecule has 4 rings (SSSR count). The van der Waals surface area contributed by atoms with E-state index in [4.69, 9.17) is 0 Å². The Hall–Kier alpha value is -2.41. The molecule has 198 valence electrons. The molecule has 2 aliphatic heterocycles. The number of carbonyl (C=O) groups excluding carboxylic acids is 2. The van der Waals surface area contributed by atoms with Gasteiger partial charge in [-0.05, 0) is 74.6 Å². The number of hydrogen-bond donors (Lipinski definition) is 1. The van der Waals surface area contributed by atoms with Gasteiger partial charge in [0.1, 0.15) is 6.04 Å². The average Bonchev–Trinajstić information content (AvgIpc) is 3.13. The Morgan fingerprint density at radius 1 is 1.03 bits per heavy atom. The van der Waals surface area contributed by atoms with E-state index < -0.39 is 6.04 Å². The molecular formula is C29H44N4O3. The lowest BCUT2D eigenvalue weighted by atomic mass is 9.87. The van der Waals surface area contributed by atoms with E-state index in [1.54, 1.807) is 16.2 Å². The summed E-state index contributed by atoms with van der Waals surface area (Å²) in [4.78, 5) is 40.1. The number of nitrogens with zero attached hydrogens (tertiary/aromatic N) is 3. The van der Waals surface area contributed by atoms with Gasteiger partial charge in [-0.15, -0.1) is 0 Å². The monoisotopic (exact) mass is 496 g/mol. The second kappa shape index (κ2) is 11.8. The highest BCUT2D eigenvalue weighted by Crippen LogP contribution is 2.34. The van der Waals surface area contributed by atoms with Crippen molar-refractivity contribution in [1.82, 2.24) is 19.4 Å². The first-order valence-electron chi connectivity index (χ1n) is 14.1. The molecule has 2 aromatic rings. The molecule has 1 aromatic heterocycles. The van der Waals surface area contributed by atoms with Crippen LogP contribution < -0.4 is 11.0 Å². The highest BCUT2D eigenvalue weighted by molar-refractivity contribution is 6.00. The topological polar surface area (TPSA) is 76.3 Å². The van der Waals surface area contributed by atoms with Crippen molar-refractivity contribution in [1.29, 1.82) is 0 Å². The van der Waals surface area contributed by atoms with E-state index in [-0.39, 0.29) is 23.9 Å². The van der Waals surface area contributed by atoms with Crippen LogP contribution in [0.2, 0.25) is 0 Å². The zero-order chi connectivity index (χ0) is 25.8. The number of imide groups is 1. The summed E-state index contributed by atoms with van der Waals surface area (Å²) in [5.74, 6) is 1.35. The number of para-hydroxylation sites is 1. The van der Waals surface area contributed by atoms with Crippen molar-refractivity contribution < 1.29 is 9.59 Å². The number of likely N-dealkylation sites (tertiary alicyclic amines) is 1. The van der Waals surface area contributed by atoms with Gasteiger partial charge in [0.05, 0.1) is 11.0 Å². The molecule has 36 heavy (non-hydrogen) atoms. The number of piperidine rings is 2. The molecule has 0 bridgehead atoms. The second-order valence-corrected chi connectivity index (χ2v) is 11.2. The maximum absolute atomic E-state index is 13.3. The zero-order valence-corrected chi connectivity index (χ0v) is 22.6. The van der Waals surface area contributed by atoms with E-state index >= 15 is 0 Å². The lowest BCUT2D eigenvalue weighted by Gasteiger charge is -2.35. The van der Waals surface area contributed by atoms with Gasteiger partial charge in [-0.1, -0.05) is 52.2 Å². The van der Waals surface area contributed by atoms with Crippen LogP contribution in [0.25, 0.3) is 11.0 Å². The molecule has 0 radical (unpaired) electrons. The van der Waals surface area contributed by atoms with Gasteiger partial charge < -0.3 is 4.90 Å². The molecule has 3 heterocycles. The first-order chi connectivity index (χ1) is 17.3. The fourth-order valence-electron chi connectivity index (χ4n) is 6.28. The summed E-state index contributed by atoms with van der Waals surface area (Å²) in [6, 6.07) is 5.47. The summed E-state index contributed by atoms with van der Waals surface area (Å²) in [6.45, 7) is 10.3. The van der Waals surface area contributed by atoms with Crippen molar-refractivity contribution in [2.45, 2.75) is 90.5 Å². The van der Waals surface area contributed by atoms with E-state index in [1.165, 1.54) is 44.2 Å². The van der Waals surface area contributed by atoms with Crippen LogP contribution in [-0.4, -0.2) is 45.5 Å². The third kappa shape index (κ3) is 5.61. The molecule has 3 unspecified atom stereocenters. The van der Waals surface area contributed by atoms with E-state index in [9.17, 15) is 14.4 Å². The number of rotatable bonds is 10. The van der Waals surface area contributed by atoms with Gasteiger partial charge in [0.15, 0.2) is 0 Å². The Morgan fingerprint density at radius 3 is 2.44 bits per heavy atom. The number of aromatic nitrogens is 2. The first kappa shape index (κ1) is 26.6. The number of amides is 2. The van der Waals surface area contributed by atoms with E-state index in [2.05, 4.69) is 37.1 Å². The van der Waals surface area contributed by atoms with Crippen LogP contribution in [0.3, 0.4) is 0 Å². The Balaban J connectivity index is 1.49. The molecule has 2 aliphatic rings. The Morgan fingerprint density at radius 2 is 1.78 bits per heavy atom. The minimum absolute atomic E-state index is 0.187. The number of benzene rings is 1. The minimum Gasteiger partial charge on any atom is -0.303 e. The van der Waals surface area contributed by atoms with Crippen LogP contribution in [0.5, 0.6) is 0 Å². The van der Waals surface area contributed by atoms with Crippen LogP contribution >= 0.6 is 0 Å². The van der Waals surface area contributed by atoms with Gasteiger partial charge in [0.2, 0.25) is 11.8 Å². The fourth-order valence-corrected chi connectivity index (χ4v) is 6.28. The van der Waals surface area contributed by atoms with Crippen molar-refractivity contribution >= 4 is 22.8 Å². The van der Waals surface area contributed by atoms with Gasteiger partial charge >= 0.3 is 5.69 Å². The third-order valence-electron chi connectivity index (χ3n) is 8.66. The van der Waals surface area contributed by atoms with Crippen LogP contribution in [0.4, 0.5) is 0 Å². The Bertz CT molecular complexity index is 1130. The number of fused-ring (bicyclic) bond motifs is 1. The van der Waals surface area contributed by atoms with Crippen molar-refractivity contribution in [3.05, 3.63) is 34.2 Å². The van der Waals surface area contributed by atoms with Gasteiger partial charge in [0.25, 0.3) is 0 Å². The standard InChI is InChI=1S/C29H44N4O3/c1-5-8-21(12-11-20(3)6-2)19-32-17-15-22(16-18-32)23-9-7-10-24-27(23)31(4)29(36)33(24)25-13-14-26(34)30-28(25)35/h7,9-10,20-22,25H,5-6,8,11-19H2,1-4H3,(H,30,34,35). The average molecular weight is 497 g/mol. The zero-order valence-electron chi connectivity index (χ0n) is 22.6. The summed E-state index contributed by atoms with van der Waals surface area (Å²) in [7, 11) is 1.80. The summed E-state index contributed by atoms with van der Waals surface area (Å²) < 4.78 is 3.30. The summed E-state index contributed by atoms with van der Waals surface area (Å²) in [6.07, 6.45) is 9.28. The first-order valence-corrected chi connectivity index (χ1v) is 14.1. The van der Waals surface area contributed by atoms with Crippen molar-refractivity contribution in [2.24, 2.45) is 18.9 Å². The van der Waals surface area contributed by atoms with Gasteiger partial charge in [-0.25, -0.2) is 4.79 Å². The number of hydrogen-bond acceptors (Lipinski definition) is 4. The van der Waals surface area contributed by atoms with E-state index in [0.717, 1.165) is 48.8 Å². The molecule has 7 heteroatoms. The molecule has 7 nitrogen and oxygen atoms in total. The molecular weight excluding hydrogens is 452 g/mol. The quantitative estimate of drug-likeness (QED) is 0.482. The highest BCUT2D eigenvalue weighted by Gasteiger charge is 2.32. The molecule has 2 fully saturated rings. The molecule has 2 saturated heterocycles. The number of imidazole rings is 1. The van der Waals surface area contributed by atoms with Crippen molar-refractivity contribution in [2.75, 3.05) is 19.6 Å². The molecule has 0 spiro atoms. The van der Waals surface area contributed by atoms with Crippen molar-refractivity contribution in [3.8, 4) is 0 Å². The minimum atomic E-state index is -0.637. The largest absolute Gasteiger partial charge is 0.329 e. The number of carbonyl (C=O) groups is 2. The van der Waals surface area contributed by atoms with Crippen LogP contribution in [0, 0.1) is 11.8 Å². The van der Waals surface area contributed by atoms with Crippen LogP contribution in [0.1, 0.15) is 96.1 Å². The summed E-state index contributed by atoms with van der Waals surface area (Å²) in [5.41, 5.74) is 2.75. The fraction of sp³-hybridized carbons (Fsp3) is 0.690. The SMILES string of the molecule is CCCC(CCC(C)CC)CN1CCC(c2cccc3c2n(C)c(=O)n3C2CCC(=O)NC2=O)CC1. The maximum Gasteiger partial charge on any atom is 0.329 e. The Labute approximate surface area is 215 Å². The second-order valence-electron chi connectivity index (χ2n) is 11.2. The molecule has 2 amide bonds. The Kier molecular flexibility index (Phi) is 8.70. The molecule has 0 saturated carbocycles. The van der Waals surface area contributed by atoms with Gasteiger partial charge in [-0.3, -0.25) is 24.0 Å². The van der Waals surface area contributed by atoms with Crippen LogP contribution in [0.15, 0.2) is 23.0 Å². The van der Waals surface area contributed by atoms with Gasteiger partial charge in [0, 0.05) is 20.0 Å². The number of nitrogens with one attached hydrogen (secondary N) is 1. The van der Waals surface area contributed by atoms with Crippen LogP contribution in [-0.2, 0) is 16.6 Å². The predicted octanol–water partition coefficient (Wildman–Crippen LogP) is 4.74. The molecule has 3 atom stereocenters.